The van der Waals surface area contributed by atoms with Crippen molar-refractivity contribution >= 4 is 13.9 Å². The van der Waals surface area contributed by atoms with Crippen molar-refractivity contribution in [2.24, 2.45) is 0 Å². The number of hydrogen-bond acceptors (Lipinski definition) is 1. The number of benzene rings is 1. The van der Waals surface area contributed by atoms with Crippen LogP contribution in [0.2, 0.25) is 25.7 Å². The van der Waals surface area contributed by atoms with Crippen molar-refractivity contribution in [3.05, 3.63) is 34.9 Å². The first-order valence-electron chi connectivity index (χ1n) is 6.41. The molecule has 0 aliphatic heterocycles. The highest BCUT2D eigenvalue weighted by Gasteiger charge is 2.14. The molecule has 0 aromatic heterocycles. The molecule has 2 heteroatoms. The molecule has 0 bridgehead atoms. The van der Waals surface area contributed by atoms with Crippen molar-refractivity contribution in [1.29, 1.82) is 0 Å². The SMILES string of the molecule is CC(=O)c1c(C)cccc1CCC[Si](C)(C)C. The number of hydrogen-bond donors (Lipinski definition) is 0. The molecule has 0 saturated heterocycles. The lowest BCUT2D eigenvalue weighted by Crippen LogP contribution is -2.19. The van der Waals surface area contributed by atoms with Crippen molar-refractivity contribution in [3.63, 3.8) is 0 Å². The summed E-state index contributed by atoms with van der Waals surface area (Å²) in [7, 11) is -0.954. The summed E-state index contributed by atoms with van der Waals surface area (Å²) < 4.78 is 0. The van der Waals surface area contributed by atoms with E-state index in [2.05, 4.69) is 31.8 Å². The number of carbonyl (C=O) groups excluding carboxylic acids is 1. The minimum Gasteiger partial charge on any atom is -0.294 e. The van der Waals surface area contributed by atoms with Gasteiger partial charge in [-0.3, -0.25) is 4.79 Å². The Kier molecular flexibility index (Phi) is 4.69. The molecule has 0 aliphatic carbocycles. The Bertz CT molecular complexity index is 402. The van der Waals surface area contributed by atoms with Gasteiger partial charge in [0.1, 0.15) is 0 Å². The Balaban J connectivity index is 2.78. The van der Waals surface area contributed by atoms with Crippen molar-refractivity contribution in [3.8, 4) is 0 Å². The Morgan fingerprint density at radius 2 is 1.88 bits per heavy atom. The fourth-order valence-corrected chi connectivity index (χ4v) is 3.49. The minimum absolute atomic E-state index is 0.200. The summed E-state index contributed by atoms with van der Waals surface area (Å²) >= 11 is 0. The summed E-state index contributed by atoms with van der Waals surface area (Å²) in [6.07, 6.45) is 2.25. The molecular formula is C15H24OSi. The number of carbonyl (C=O) groups is 1. The maximum Gasteiger partial charge on any atom is 0.160 e. The van der Waals surface area contributed by atoms with Crippen LogP contribution in [0.25, 0.3) is 0 Å². The normalized spacial score (nSPS) is 11.6. The molecule has 0 atom stereocenters. The quantitative estimate of drug-likeness (QED) is 0.555. The molecule has 0 N–H and O–H groups in total. The molecule has 0 radical (unpaired) electrons. The van der Waals surface area contributed by atoms with Crippen LogP contribution in [0, 0.1) is 6.92 Å². The fourth-order valence-electron chi connectivity index (χ4n) is 2.25. The predicted octanol–water partition coefficient (Wildman–Crippen LogP) is 4.47. The zero-order valence-electron chi connectivity index (χ0n) is 11.8. The van der Waals surface area contributed by atoms with Gasteiger partial charge >= 0.3 is 0 Å². The average Bonchev–Trinajstić information content (AvgIpc) is 2.14. The van der Waals surface area contributed by atoms with Crippen LogP contribution in [-0.4, -0.2) is 13.9 Å². The summed E-state index contributed by atoms with van der Waals surface area (Å²) in [4.78, 5) is 11.7. The van der Waals surface area contributed by atoms with E-state index < -0.39 is 8.07 Å². The minimum atomic E-state index is -0.954. The second kappa shape index (κ2) is 5.63. The summed E-state index contributed by atoms with van der Waals surface area (Å²) in [5.41, 5.74) is 3.29. The molecule has 0 saturated carbocycles. The van der Waals surface area contributed by atoms with Gasteiger partial charge in [-0.15, -0.1) is 0 Å². The smallest absolute Gasteiger partial charge is 0.160 e. The maximum absolute atomic E-state index is 11.7. The van der Waals surface area contributed by atoms with Crippen LogP contribution >= 0.6 is 0 Å². The number of aryl methyl sites for hydroxylation is 2. The van der Waals surface area contributed by atoms with E-state index in [-0.39, 0.29) is 5.78 Å². The van der Waals surface area contributed by atoms with Crippen LogP contribution in [0.3, 0.4) is 0 Å². The topological polar surface area (TPSA) is 17.1 Å². The predicted molar refractivity (Wildman–Crippen MR) is 77.7 cm³/mol. The molecule has 1 aromatic carbocycles. The van der Waals surface area contributed by atoms with Gasteiger partial charge in [-0.05, 0) is 31.4 Å². The largest absolute Gasteiger partial charge is 0.294 e. The van der Waals surface area contributed by atoms with Crippen LogP contribution in [0.1, 0.15) is 34.8 Å². The van der Waals surface area contributed by atoms with E-state index in [9.17, 15) is 4.79 Å². The molecular weight excluding hydrogens is 224 g/mol. The van der Waals surface area contributed by atoms with Crippen LogP contribution in [-0.2, 0) is 6.42 Å². The molecule has 1 nitrogen and oxygen atoms in total. The van der Waals surface area contributed by atoms with Crippen molar-refractivity contribution in [2.45, 2.75) is 52.4 Å². The van der Waals surface area contributed by atoms with Crippen LogP contribution in [0.15, 0.2) is 18.2 Å². The molecule has 0 unspecified atom stereocenters. The lowest BCUT2D eigenvalue weighted by molar-refractivity contribution is 0.101. The van der Waals surface area contributed by atoms with Gasteiger partial charge in [0.2, 0.25) is 0 Å². The van der Waals surface area contributed by atoms with Gasteiger partial charge in [0, 0.05) is 13.6 Å². The molecule has 0 fully saturated rings. The van der Waals surface area contributed by atoms with Gasteiger partial charge in [0.25, 0.3) is 0 Å². The van der Waals surface area contributed by atoms with E-state index in [1.54, 1.807) is 6.92 Å². The summed E-state index contributed by atoms with van der Waals surface area (Å²) in [6, 6.07) is 7.52. The van der Waals surface area contributed by atoms with E-state index in [1.165, 1.54) is 18.0 Å². The molecule has 94 valence electrons. The molecule has 0 spiro atoms. The monoisotopic (exact) mass is 248 g/mol. The standard InChI is InChI=1S/C15H24OSi/c1-12-8-6-9-14(15(12)13(2)16)10-7-11-17(3,4)5/h6,8-9H,7,10-11H2,1-5H3. The zero-order valence-corrected chi connectivity index (χ0v) is 12.8. The highest BCUT2D eigenvalue weighted by Crippen LogP contribution is 2.19. The van der Waals surface area contributed by atoms with E-state index >= 15 is 0 Å². The molecule has 0 heterocycles. The fraction of sp³-hybridized carbons (Fsp3) is 0.533. The van der Waals surface area contributed by atoms with Crippen LogP contribution in [0.4, 0.5) is 0 Å². The molecule has 1 aromatic rings. The zero-order chi connectivity index (χ0) is 13.1. The van der Waals surface area contributed by atoms with Crippen molar-refractivity contribution in [1.82, 2.24) is 0 Å². The Labute approximate surface area is 106 Å². The van der Waals surface area contributed by atoms with E-state index in [1.807, 2.05) is 13.0 Å². The van der Waals surface area contributed by atoms with Gasteiger partial charge in [-0.25, -0.2) is 0 Å². The van der Waals surface area contributed by atoms with Gasteiger partial charge < -0.3 is 0 Å². The van der Waals surface area contributed by atoms with Crippen molar-refractivity contribution < 1.29 is 4.79 Å². The Hall–Kier alpha value is -0.893. The van der Waals surface area contributed by atoms with Gasteiger partial charge in [-0.2, -0.15) is 0 Å². The molecule has 1 rings (SSSR count). The summed E-state index contributed by atoms with van der Waals surface area (Å²) in [6.45, 7) is 10.9. The summed E-state index contributed by atoms with van der Waals surface area (Å²) in [5.74, 6) is 0.200. The number of ketones is 1. The van der Waals surface area contributed by atoms with E-state index in [0.29, 0.717) is 0 Å². The van der Waals surface area contributed by atoms with E-state index in [4.69, 9.17) is 0 Å². The number of rotatable bonds is 5. The molecule has 0 aliphatic rings. The second-order valence-corrected chi connectivity index (χ2v) is 11.7. The van der Waals surface area contributed by atoms with Crippen LogP contribution in [0.5, 0.6) is 0 Å². The van der Waals surface area contributed by atoms with E-state index in [0.717, 1.165) is 17.5 Å². The Morgan fingerprint density at radius 1 is 1.24 bits per heavy atom. The molecule has 0 amide bonds. The van der Waals surface area contributed by atoms with Gasteiger partial charge in [0.15, 0.2) is 5.78 Å². The first kappa shape index (κ1) is 14.2. The highest BCUT2D eigenvalue weighted by molar-refractivity contribution is 6.76. The third kappa shape index (κ3) is 4.47. The average molecular weight is 248 g/mol. The lowest BCUT2D eigenvalue weighted by Gasteiger charge is -2.16. The first-order chi connectivity index (χ1) is 7.81. The van der Waals surface area contributed by atoms with Gasteiger partial charge in [-0.1, -0.05) is 50.3 Å². The maximum atomic E-state index is 11.7. The highest BCUT2D eigenvalue weighted by atomic mass is 28.3. The third-order valence-electron chi connectivity index (χ3n) is 3.08. The lowest BCUT2D eigenvalue weighted by atomic mass is 9.96. The second-order valence-electron chi connectivity index (χ2n) is 6.08. The van der Waals surface area contributed by atoms with Crippen molar-refractivity contribution in [2.75, 3.05) is 0 Å². The molecule has 17 heavy (non-hydrogen) atoms. The number of Topliss-reactive ketones (excluding diaryl/α,β-unsaturated/α-hetero) is 1. The van der Waals surface area contributed by atoms with Crippen LogP contribution < -0.4 is 0 Å². The third-order valence-corrected chi connectivity index (χ3v) is 4.94. The van der Waals surface area contributed by atoms with Gasteiger partial charge in [0.05, 0.1) is 0 Å². The Morgan fingerprint density at radius 3 is 2.41 bits per heavy atom. The first-order valence-corrected chi connectivity index (χ1v) is 10.1. The summed E-state index contributed by atoms with van der Waals surface area (Å²) in [5, 5.41) is 0.